The highest BCUT2D eigenvalue weighted by Gasteiger charge is 2.18. The van der Waals surface area contributed by atoms with Crippen molar-refractivity contribution in [1.29, 1.82) is 0 Å². The van der Waals surface area contributed by atoms with Gasteiger partial charge in [-0.25, -0.2) is 4.39 Å². The molecule has 110 valence electrons. The lowest BCUT2D eigenvalue weighted by molar-refractivity contribution is 0.291. The van der Waals surface area contributed by atoms with Crippen molar-refractivity contribution >= 4 is 23.3 Å². The molecule has 0 bridgehead atoms. The van der Waals surface area contributed by atoms with Crippen LogP contribution in [0.3, 0.4) is 0 Å². The molecule has 1 unspecified atom stereocenters. The van der Waals surface area contributed by atoms with Crippen LogP contribution in [0, 0.1) is 16.5 Å². The Bertz CT molecular complexity index is 632. The Morgan fingerprint density at radius 3 is 2.65 bits per heavy atom. The normalized spacial score (nSPS) is 13.6. The third-order valence-electron chi connectivity index (χ3n) is 3.36. The van der Waals surface area contributed by atoms with Crippen LogP contribution in [0.5, 0.6) is 0 Å². The third kappa shape index (κ3) is 3.27. The molecule has 1 atom stereocenters. The maximum atomic E-state index is 13.3. The summed E-state index contributed by atoms with van der Waals surface area (Å²) >= 11 is 5.44. The molecule has 20 heavy (non-hydrogen) atoms. The first-order chi connectivity index (χ1) is 9.38. The van der Waals surface area contributed by atoms with E-state index in [1.54, 1.807) is 6.07 Å². The average molecular weight is 295 g/mol. The number of aromatic amines is 1. The lowest BCUT2D eigenvalue weighted by Crippen LogP contribution is -2.25. The minimum absolute atomic E-state index is 0.242. The molecule has 1 N–H and O–H groups in total. The number of fused-ring (bicyclic) bond motifs is 1. The fraction of sp³-hybridized carbons (Fsp3) is 0.533. The van der Waals surface area contributed by atoms with E-state index in [1.165, 1.54) is 12.1 Å². The maximum Gasteiger partial charge on any atom is 0.178 e. The van der Waals surface area contributed by atoms with Crippen molar-refractivity contribution in [3.63, 3.8) is 0 Å². The lowest BCUT2D eigenvalue weighted by atomic mass is 10.0. The number of hydrogen-bond donors (Lipinski definition) is 1. The predicted octanol–water partition coefficient (Wildman–Crippen LogP) is 3.99. The Hall–Kier alpha value is -1.20. The van der Waals surface area contributed by atoms with Gasteiger partial charge in [-0.2, -0.15) is 0 Å². The van der Waals surface area contributed by atoms with Crippen molar-refractivity contribution in [3.05, 3.63) is 28.8 Å². The molecular formula is C15H22FN3S. The Balaban J connectivity index is 2.51. The lowest BCUT2D eigenvalue weighted by Gasteiger charge is -2.24. The summed E-state index contributed by atoms with van der Waals surface area (Å²) in [6.45, 7) is 5.33. The van der Waals surface area contributed by atoms with E-state index in [1.807, 2.05) is 0 Å². The van der Waals surface area contributed by atoms with Gasteiger partial charge in [-0.15, -0.1) is 0 Å². The summed E-state index contributed by atoms with van der Waals surface area (Å²) in [6, 6.07) is 5.09. The average Bonchev–Trinajstić information content (AvgIpc) is 2.61. The fourth-order valence-electron chi connectivity index (χ4n) is 2.69. The van der Waals surface area contributed by atoms with Crippen LogP contribution in [0.25, 0.3) is 11.0 Å². The number of rotatable bonds is 5. The van der Waals surface area contributed by atoms with Gasteiger partial charge < -0.3 is 14.5 Å². The first kappa shape index (κ1) is 15.2. The Labute approximate surface area is 124 Å². The smallest absolute Gasteiger partial charge is 0.178 e. The molecule has 1 aromatic heterocycles. The largest absolute Gasteiger partial charge is 0.330 e. The SMILES string of the molecule is CC(C)CC(CN(C)C)n1c(=S)[nH]c2cc(F)ccc21. The molecule has 2 rings (SSSR count). The van der Waals surface area contributed by atoms with Crippen molar-refractivity contribution in [1.82, 2.24) is 14.5 Å². The predicted molar refractivity (Wildman–Crippen MR) is 84.1 cm³/mol. The van der Waals surface area contributed by atoms with Gasteiger partial charge in [-0.1, -0.05) is 13.8 Å². The second-order valence-electron chi connectivity index (χ2n) is 6.01. The number of hydrogen-bond acceptors (Lipinski definition) is 2. The molecule has 0 saturated heterocycles. The number of nitrogens with one attached hydrogen (secondary N) is 1. The van der Waals surface area contributed by atoms with E-state index in [-0.39, 0.29) is 11.9 Å². The highest BCUT2D eigenvalue weighted by atomic mass is 32.1. The second-order valence-corrected chi connectivity index (χ2v) is 6.39. The van der Waals surface area contributed by atoms with E-state index in [2.05, 4.69) is 42.4 Å². The Morgan fingerprint density at radius 1 is 1.35 bits per heavy atom. The first-order valence-corrected chi connectivity index (χ1v) is 7.33. The van der Waals surface area contributed by atoms with Gasteiger partial charge in [0.05, 0.1) is 11.0 Å². The van der Waals surface area contributed by atoms with Crippen LogP contribution in [0.15, 0.2) is 18.2 Å². The number of aromatic nitrogens is 2. The molecule has 1 aromatic carbocycles. The van der Waals surface area contributed by atoms with E-state index < -0.39 is 0 Å². The third-order valence-corrected chi connectivity index (χ3v) is 3.66. The topological polar surface area (TPSA) is 24.0 Å². The van der Waals surface area contributed by atoms with Crippen LogP contribution >= 0.6 is 12.2 Å². The Kier molecular flexibility index (Phi) is 4.60. The minimum atomic E-state index is -0.242. The summed E-state index contributed by atoms with van der Waals surface area (Å²) in [5.41, 5.74) is 1.74. The van der Waals surface area contributed by atoms with Gasteiger partial charge in [0.2, 0.25) is 0 Å². The molecule has 0 spiro atoms. The van der Waals surface area contributed by atoms with E-state index in [4.69, 9.17) is 12.2 Å². The monoisotopic (exact) mass is 295 g/mol. The summed E-state index contributed by atoms with van der Waals surface area (Å²) in [5.74, 6) is 0.334. The van der Waals surface area contributed by atoms with Crippen molar-refractivity contribution in [2.45, 2.75) is 26.3 Å². The van der Waals surface area contributed by atoms with Crippen molar-refractivity contribution in [3.8, 4) is 0 Å². The van der Waals surface area contributed by atoms with E-state index >= 15 is 0 Å². The van der Waals surface area contributed by atoms with E-state index in [0.717, 1.165) is 24.0 Å². The van der Waals surface area contributed by atoms with Crippen molar-refractivity contribution in [2.24, 2.45) is 5.92 Å². The van der Waals surface area contributed by atoms with Crippen LogP contribution in [0.1, 0.15) is 26.3 Å². The molecule has 3 nitrogen and oxygen atoms in total. The molecule has 0 saturated carbocycles. The van der Waals surface area contributed by atoms with Crippen molar-refractivity contribution in [2.75, 3.05) is 20.6 Å². The number of benzene rings is 1. The van der Waals surface area contributed by atoms with Crippen LogP contribution in [-0.2, 0) is 0 Å². The summed E-state index contributed by atoms with van der Waals surface area (Å²) in [7, 11) is 4.12. The fourth-order valence-corrected chi connectivity index (χ4v) is 3.05. The van der Waals surface area contributed by atoms with Gasteiger partial charge in [0.25, 0.3) is 0 Å². The highest BCUT2D eigenvalue weighted by molar-refractivity contribution is 7.71. The molecule has 1 heterocycles. The van der Waals surface area contributed by atoms with Gasteiger partial charge in [-0.05, 0) is 56.9 Å². The van der Waals surface area contributed by atoms with E-state index in [0.29, 0.717) is 10.7 Å². The molecule has 0 aliphatic carbocycles. The van der Waals surface area contributed by atoms with Gasteiger partial charge in [0.1, 0.15) is 5.82 Å². The highest BCUT2D eigenvalue weighted by Crippen LogP contribution is 2.25. The maximum absolute atomic E-state index is 13.3. The zero-order valence-electron chi connectivity index (χ0n) is 12.5. The molecule has 0 radical (unpaired) electrons. The summed E-state index contributed by atoms with van der Waals surface area (Å²) in [5, 5.41) is 0. The van der Waals surface area contributed by atoms with Gasteiger partial charge in [0.15, 0.2) is 4.77 Å². The van der Waals surface area contributed by atoms with Crippen LogP contribution < -0.4 is 0 Å². The van der Waals surface area contributed by atoms with Gasteiger partial charge in [0, 0.05) is 12.6 Å². The van der Waals surface area contributed by atoms with Crippen LogP contribution in [0.4, 0.5) is 4.39 Å². The number of H-pyrrole nitrogens is 1. The summed E-state index contributed by atoms with van der Waals surface area (Å²) in [4.78, 5) is 5.28. The zero-order chi connectivity index (χ0) is 14.9. The molecule has 0 aliphatic rings. The standard InChI is InChI=1S/C15H22FN3S/c1-10(2)7-12(9-18(3)4)19-14-6-5-11(16)8-13(14)17-15(19)20/h5-6,8,10,12H,7,9H2,1-4H3,(H,17,20). The quantitative estimate of drug-likeness (QED) is 0.843. The molecule has 5 heteroatoms. The molecule has 2 aromatic rings. The zero-order valence-corrected chi connectivity index (χ0v) is 13.3. The molecule has 0 fully saturated rings. The number of halogens is 1. The van der Waals surface area contributed by atoms with Crippen LogP contribution in [-0.4, -0.2) is 35.1 Å². The summed E-state index contributed by atoms with van der Waals surface area (Å²) in [6.07, 6.45) is 1.04. The van der Waals surface area contributed by atoms with Gasteiger partial charge in [-0.3, -0.25) is 0 Å². The number of nitrogens with zero attached hydrogens (tertiary/aromatic N) is 2. The summed E-state index contributed by atoms with van der Waals surface area (Å²) < 4.78 is 16.1. The van der Waals surface area contributed by atoms with Gasteiger partial charge >= 0.3 is 0 Å². The molecule has 0 amide bonds. The number of likely N-dealkylation sites (N-methyl/N-ethyl adjacent to an activating group) is 1. The number of imidazole rings is 1. The first-order valence-electron chi connectivity index (χ1n) is 6.93. The Morgan fingerprint density at radius 2 is 2.05 bits per heavy atom. The van der Waals surface area contributed by atoms with Crippen molar-refractivity contribution < 1.29 is 4.39 Å². The molecule has 0 aliphatic heterocycles. The molecular weight excluding hydrogens is 273 g/mol. The second kappa shape index (κ2) is 6.06. The minimum Gasteiger partial charge on any atom is -0.330 e. The van der Waals surface area contributed by atoms with E-state index in [9.17, 15) is 4.39 Å². The van der Waals surface area contributed by atoms with Crippen LogP contribution in [0.2, 0.25) is 0 Å².